The Morgan fingerprint density at radius 3 is 2.44 bits per heavy atom. The summed E-state index contributed by atoms with van der Waals surface area (Å²) in [6, 6.07) is 18.1. The summed E-state index contributed by atoms with van der Waals surface area (Å²) in [4.78, 5) is 17.5. The smallest absolute Gasteiger partial charge is 0.259 e. The van der Waals surface area contributed by atoms with E-state index in [9.17, 15) is 4.79 Å². The van der Waals surface area contributed by atoms with Crippen LogP contribution in [0.2, 0.25) is 0 Å². The highest BCUT2D eigenvalue weighted by molar-refractivity contribution is 7.99. The maximum atomic E-state index is 13.0. The molecule has 25 heavy (non-hydrogen) atoms. The van der Waals surface area contributed by atoms with E-state index < -0.39 is 0 Å². The van der Waals surface area contributed by atoms with E-state index in [0.29, 0.717) is 0 Å². The molecule has 2 aromatic carbocycles. The van der Waals surface area contributed by atoms with Crippen LogP contribution in [0.3, 0.4) is 0 Å². The number of hydrogen-bond donors (Lipinski definition) is 0. The fourth-order valence-corrected chi connectivity index (χ4v) is 5.10. The zero-order valence-corrected chi connectivity index (χ0v) is 15.3. The van der Waals surface area contributed by atoms with Gasteiger partial charge in [0.15, 0.2) is 0 Å². The third-order valence-electron chi connectivity index (χ3n) is 5.08. The lowest BCUT2D eigenvalue weighted by Crippen LogP contribution is -2.32. The average molecular weight is 353 g/mol. The maximum Gasteiger partial charge on any atom is 0.259 e. The van der Waals surface area contributed by atoms with Crippen LogP contribution in [0.4, 0.5) is 5.69 Å². The summed E-state index contributed by atoms with van der Waals surface area (Å²) in [5.74, 6) is 1.17. The van der Waals surface area contributed by atoms with Crippen molar-refractivity contribution in [3.8, 4) is 0 Å². The standard InChI is InChI=1S/C21H24N2OS/c24-20-18-11-5-6-12-19(18)21(23(20)17-9-3-1-4-10-17)25-16-15-22-13-7-2-8-14-22/h1,3-6,9-12,21H,2,7-8,13-16H2. The summed E-state index contributed by atoms with van der Waals surface area (Å²) in [5, 5.41) is 0.0795. The van der Waals surface area contributed by atoms with E-state index in [1.807, 2.05) is 65.2 Å². The monoisotopic (exact) mass is 352 g/mol. The van der Waals surface area contributed by atoms with Gasteiger partial charge < -0.3 is 4.90 Å². The second-order valence-electron chi connectivity index (χ2n) is 6.72. The van der Waals surface area contributed by atoms with Gasteiger partial charge in [0.1, 0.15) is 5.37 Å². The molecule has 4 rings (SSSR count). The van der Waals surface area contributed by atoms with Gasteiger partial charge in [-0.3, -0.25) is 9.69 Å². The van der Waals surface area contributed by atoms with E-state index in [-0.39, 0.29) is 11.3 Å². The van der Waals surface area contributed by atoms with Crippen LogP contribution < -0.4 is 4.90 Å². The number of fused-ring (bicyclic) bond motifs is 1. The highest BCUT2D eigenvalue weighted by Crippen LogP contribution is 2.43. The summed E-state index contributed by atoms with van der Waals surface area (Å²) in [6.07, 6.45) is 4.02. The Bertz CT molecular complexity index is 728. The highest BCUT2D eigenvalue weighted by Gasteiger charge is 2.37. The first-order valence-corrected chi connectivity index (χ1v) is 10.2. The second kappa shape index (κ2) is 7.63. The largest absolute Gasteiger partial charge is 0.303 e. The first kappa shape index (κ1) is 16.7. The third kappa shape index (κ3) is 3.46. The molecule has 1 atom stereocenters. The molecular weight excluding hydrogens is 328 g/mol. The SMILES string of the molecule is O=C1c2ccccc2C(SCCN2CCCCC2)N1c1ccccc1. The maximum absolute atomic E-state index is 13.0. The van der Waals surface area contributed by atoms with Gasteiger partial charge in [-0.05, 0) is 49.7 Å². The number of piperidine rings is 1. The molecule has 2 aliphatic heterocycles. The number of para-hydroxylation sites is 1. The van der Waals surface area contributed by atoms with Crippen LogP contribution in [0.25, 0.3) is 0 Å². The molecule has 0 aliphatic carbocycles. The van der Waals surface area contributed by atoms with Crippen molar-refractivity contribution >= 4 is 23.4 Å². The number of anilines is 1. The van der Waals surface area contributed by atoms with Gasteiger partial charge in [-0.1, -0.05) is 42.8 Å². The van der Waals surface area contributed by atoms with Crippen molar-refractivity contribution < 1.29 is 4.79 Å². The molecule has 4 heteroatoms. The van der Waals surface area contributed by atoms with Crippen molar-refractivity contribution in [3.63, 3.8) is 0 Å². The van der Waals surface area contributed by atoms with Gasteiger partial charge in [0.05, 0.1) is 0 Å². The van der Waals surface area contributed by atoms with Crippen LogP contribution in [-0.2, 0) is 0 Å². The van der Waals surface area contributed by atoms with Crippen molar-refractivity contribution in [1.29, 1.82) is 0 Å². The normalized spacial score (nSPS) is 20.7. The Labute approximate surface area is 154 Å². The topological polar surface area (TPSA) is 23.6 Å². The molecule has 0 N–H and O–H groups in total. The van der Waals surface area contributed by atoms with Crippen LogP contribution in [0, 0.1) is 0 Å². The zero-order chi connectivity index (χ0) is 17.1. The first-order valence-electron chi connectivity index (χ1n) is 9.16. The molecule has 130 valence electrons. The quantitative estimate of drug-likeness (QED) is 0.788. The molecule has 2 heterocycles. The van der Waals surface area contributed by atoms with Gasteiger partial charge in [0.25, 0.3) is 5.91 Å². The Morgan fingerprint density at radius 2 is 1.64 bits per heavy atom. The molecule has 3 nitrogen and oxygen atoms in total. The molecule has 0 saturated carbocycles. The molecule has 1 fully saturated rings. The van der Waals surface area contributed by atoms with Crippen molar-refractivity contribution in [1.82, 2.24) is 4.90 Å². The Kier molecular flexibility index (Phi) is 5.09. The van der Waals surface area contributed by atoms with E-state index in [1.165, 1.54) is 32.4 Å². The van der Waals surface area contributed by atoms with Gasteiger partial charge in [0, 0.05) is 23.5 Å². The molecule has 0 spiro atoms. The van der Waals surface area contributed by atoms with Crippen LogP contribution in [0.15, 0.2) is 54.6 Å². The number of benzene rings is 2. The average Bonchev–Trinajstić information content (AvgIpc) is 2.96. The van der Waals surface area contributed by atoms with Gasteiger partial charge >= 0.3 is 0 Å². The predicted octanol–water partition coefficient (Wildman–Crippen LogP) is 4.56. The van der Waals surface area contributed by atoms with Crippen LogP contribution in [0.5, 0.6) is 0 Å². The first-order chi connectivity index (χ1) is 12.3. The van der Waals surface area contributed by atoms with E-state index in [2.05, 4.69) is 11.0 Å². The Morgan fingerprint density at radius 1 is 0.920 bits per heavy atom. The fraction of sp³-hybridized carbons (Fsp3) is 0.381. The van der Waals surface area contributed by atoms with E-state index in [1.54, 1.807) is 0 Å². The Hall–Kier alpha value is -1.78. The van der Waals surface area contributed by atoms with Crippen molar-refractivity contribution in [2.45, 2.75) is 24.6 Å². The summed E-state index contributed by atoms with van der Waals surface area (Å²) >= 11 is 1.89. The fourth-order valence-electron chi connectivity index (χ4n) is 3.76. The summed E-state index contributed by atoms with van der Waals surface area (Å²) in [6.45, 7) is 3.56. The number of nitrogens with zero attached hydrogens (tertiary/aromatic N) is 2. The van der Waals surface area contributed by atoms with Crippen molar-refractivity contribution in [2.75, 3.05) is 30.3 Å². The van der Waals surface area contributed by atoms with E-state index in [4.69, 9.17) is 0 Å². The lowest BCUT2D eigenvalue weighted by molar-refractivity contribution is 0.0996. The number of carbonyl (C=O) groups is 1. The molecule has 2 aliphatic rings. The lowest BCUT2D eigenvalue weighted by Gasteiger charge is -2.28. The van der Waals surface area contributed by atoms with Gasteiger partial charge in [-0.15, -0.1) is 11.8 Å². The van der Waals surface area contributed by atoms with Crippen LogP contribution in [-0.4, -0.2) is 36.2 Å². The molecule has 2 aromatic rings. The number of hydrogen-bond acceptors (Lipinski definition) is 3. The molecule has 1 amide bonds. The van der Waals surface area contributed by atoms with E-state index >= 15 is 0 Å². The predicted molar refractivity (Wildman–Crippen MR) is 105 cm³/mol. The lowest BCUT2D eigenvalue weighted by atomic mass is 10.1. The zero-order valence-electron chi connectivity index (χ0n) is 14.4. The number of rotatable bonds is 5. The molecular formula is C21H24N2OS. The Balaban J connectivity index is 1.52. The number of amides is 1. The number of thioether (sulfide) groups is 1. The summed E-state index contributed by atoms with van der Waals surface area (Å²) < 4.78 is 0. The number of carbonyl (C=O) groups excluding carboxylic acids is 1. The minimum atomic E-state index is 0.0795. The van der Waals surface area contributed by atoms with Crippen LogP contribution >= 0.6 is 11.8 Å². The third-order valence-corrected chi connectivity index (χ3v) is 6.28. The minimum Gasteiger partial charge on any atom is -0.303 e. The molecule has 1 saturated heterocycles. The number of likely N-dealkylation sites (tertiary alicyclic amines) is 1. The minimum absolute atomic E-state index is 0.0795. The molecule has 0 radical (unpaired) electrons. The van der Waals surface area contributed by atoms with Crippen molar-refractivity contribution in [3.05, 3.63) is 65.7 Å². The molecule has 0 bridgehead atoms. The molecule has 0 aromatic heterocycles. The van der Waals surface area contributed by atoms with Gasteiger partial charge in [-0.25, -0.2) is 0 Å². The summed E-state index contributed by atoms with van der Waals surface area (Å²) in [5.41, 5.74) is 2.99. The van der Waals surface area contributed by atoms with E-state index in [0.717, 1.165) is 29.1 Å². The summed E-state index contributed by atoms with van der Waals surface area (Å²) in [7, 11) is 0. The van der Waals surface area contributed by atoms with Crippen LogP contribution in [0.1, 0.15) is 40.6 Å². The highest BCUT2D eigenvalue weighted by atomic mass is 32.2. The second-order valence-corrected chi connectivity index (χ2v) is 7.91. The molecule has 1 unspecified atom stereocenters. The van der Waals surface area contributed by atoms with Crippen molar-refractivity contribution in [2.24, 2.45) is 0 Å². The van der Waals surface area contributed by atoms with Gasteiger partial charge in [0.2, 0.25) is 0 Å². The van der Waals surface area contributed by atoms with Gasteiger partial charge in [-0.2, -0.15) is 0 Å².